The first-order valence-corrected chi connectivity index (χ1v) is 11.4. The average molecular weight is 493 g/mol. The minimum Gasteiger partial charge on any atom is -0.444 e. The number of nitrogens with one attached hydrogen (secondary N) is 2. The number of benzene rings is 2. The second-order valence-electron chi connectivity index (χ2n) is 9.23. The summed E-state index contributed by atoms with van der Waals surface area (Å²) in [4.78, 5) is 51.8. The highest BCUT2D eigenvalue weighted by atomic mass is 16.6. The molecule has 36 heavy (non-hydrogen) atoms. The van der Waals surface area contributed by atoms with Crippen LogP contribution in [-0.2, 0) is 25.7 Å². The number of aryl methyl sites for hydroxylation is 1. The lowest BCUT2D eigenvalue weighted by molar-refractivity contribution is -0.139. The molecule has 2 rings (SSSR count). The Hall–Kier alpha value is -4.32. The van der Waals surface area contributed by atoms with E-state index in [1.165, 1.54) is 0 Å². The predicted molar refractivity (Wildman–Crippen MR) is 135 cm³/mol. The number of terminal acetylenes is 1. The van der Waals surface area contributed by atoms with E-state index in [2.05, 4.69) is 16.7 Å². The van der Waals surface area contributed by atoms with Crippen LogP contribution < -0.4 is 16.4 Å². The van der Waals surface area contributed by atoms with Gasteiger partial charge in [-0.25, -0.2) is 4.79 Å². The Morgan fingerprint density at radius 2 is 1.75 bits per heavy atom. The summed E-state index contributed by atoms with van der Waals surface area (Å²) in [5.74, 6) is -2.24. The van der Waals surface area contributed by atoms with Gasteiger partial charge in [0.05, 0.1) is 6.42 Å². The summed E-state index contributed by atoms with van der Waals surface area (Å²) in [5.41, 5.74) is 6.63. The molecule has 0 aromatic heterocycles. The van der Waals surface area contributed by atoms with Crippen molar-refractivity contribution in [3.8, 4) is 12.5 Å². The van der Waals surface area contributed by atoms with Gasteiger partial charge in [0.1, 0.15) is 17.7 Å². The third-order valence-corrected chi connectivity index (χ3v) is 4.94. The fraction of sp³-hybridized carbons (Fsp3) is 0.333. The number of hydrogen-bond acceptors (Lipinski definition) is 5. The second-order valence-corrected chi connectivity index (χ2v) is 9.23. The lowest BCUT2D eigenvalue weighted by Gasteiger charge is -2.30. The number of carbonyl (C=O) groups excluding carboxylic acids is 4. The van der Waals surface area contributed by atoms with Crippen molar-refractivity contribution >= 4 is 23.8 Å². The first-order chi connectivity index (χ1) is 16.9. The highest BCUT2D eigenvalue weighted by Crippen LogP contribution is 2.23. The highest BCUT2D eigenvalue weighted by Gasteiger charge is 2.36. The number of nitrogens with two attached hydrogens (primary N) is 1. The molecule has 2 unspecified atom stereocenters. The minimum atomic E-state index is -1.44. The van der Waals surface area contributed by atoms with Crippen LogP contribution in [0.2, 0.25) is 0 Å². The number of alkyl carbamates (subject to hydrolysis) is 1. The van der Waals surface area contributed by atoms with E-state index in [1.54, 1.807) is 39.0 Å². The van der Waals surface area contributed by atoms with Gasteiger partial charge in [-0.05, 0) is 38.8 Å². The van der Waals surface area contributed by atoms with Gasteiger partial charge >= 0.3 is 6.09 Å². The standard InChI is InChI=1S/C27H32N4O5/c1-6-31(25(34)21(16-22(28)32)30-26(35)36-27(3,4)5)23(20-14-10-11-18(2)15-20)24(33)29-17-19-12-8-7-9-13-19/h1,7-15,21,23H,16-17H2,2-5H3,(H2,28,32)(H,29,33)(H,30,35). The van der Waals surface area contributed by atoms with Crippen LogP contribution in [0.15, 0.2) is 54.6 Å². The smallest absolute Gasteiger partial charge is 0.408 e. The first kappa shape index (κ1) is 27.9. The van der Waals surface area contributed by atoms with Crippen LogP contribution in [0.3, 0.4) is 0 Å². The van der Waals surface area contributed by atoms with Gasteiger partial charge in [-0.15, -0.1) is 0 Å². The molecule has 4 N–H and O–H groups in total. The van der Waals surface area contributed by atoms with Crippen molar-refractivity contribution in [2.45, 2.75) is 58.3 Å². The lowest BCUT2D eigenvalue weighted by Crippen LogP contribution is -2.52. The number of ether oxygens (including phenoxy) is 1. The molecule has 4 amide bonds. The predicted octanol–water partition coefficient (Wildman–Crippen LogP) is 2.54. The van der Waals surface area contributed by atoms with Gasteiger partial charge in [-0.2, -0.15) is 0 Å². The van der Waals surface area contributed by atoms with Gasteiger partial charge in [0.2, 0.25) is 11.8 Å². The molecule has 0 spiro atoms. The van der Waals surface area contributed by atoms with E-state index in [0.29, 0.717) is 5.56 Å². The van der Waals surface area contributed by atoms with E-state index in [9.17, 15) is 19.2 Å². The molecular weight excluding hydrogens is 460 g/mol. The largest absolute Gasteiger partial charge is 0.444 e. The third kappa shape index (κ3) is 8.47. The van der Waals surface area contributed by atoms with Gasteiger partial charge in [0.25, 0.3) is 5.91 Å². The van der Waals surface area contributed by atoms with Gasteiger partial charge in [0, 0.05) is 12.6 Å². The monoisotopic (exact) mass is 492 g/mol. The molecule has 2 aromatic carbocycles. The summed E-state index contributed by atoms with van der Waals surface area (Å²) >= 11 is 0. The van der Waals surface area contributed by atoms with E-state index in [-0.39, 0.29) is 6.54 Å². The molecular formula is C27H32N4O5. The molecule has 0 aliphatic heterocycles. The molecule has 2 atom stereocenters. The minimum absolute atomic E-state index is 0.204. The zero-order valence-corrected chi connectivity index (χ0v) is 20.9. The third-order valence-electron chi connectivity index (χ3n) is 4.94. The van der Waals surface area contributed by atoms with Crippen LogP contribution in [0.1, 0.15) is 49.9 Å². The number of carbonyl (C=O) groups is 4. The maximum absolute atomic E-state index is 13.5. The maximum Gasteiger partial charge on any atom is 0.408 e. The Kier molecular flexibility index (Phi) is 9.62. The van der Waals surface area contributed by atoms with Crippen LogP contribution in [-0.4, -0.2) is 40.4 Å². The first-order valence-electron chi connectivity index (χ1n) is 11.4. The summed E-state index contributed by atoms with van der Waals surface area (Å²) in [6.07, 6.45) is 4.24. The van der Waals surface area contributed by atoms with Crippen molar-refractivity contribution in [2.24, 2.45) is 5.73 Å². The van der Waals surface area contributed by atoms with Crippen molar-refractivity contribution in [3.63, 3.8) is 0 Å². The molecule has 0 heterocycles. The van der Waals surface area contributed by atoms with Crippen LogP contribution in [0.5, 0.6) is 0 Å². The molecule has 190 valence electrons. The second kappa shape index (κ2) is 12.4. The highest BCUT2D eigenvalue weighted by molar-refractivity contribution is 5.95. The number of rotatable bonds is 9. The topological polar surface area (TPSA) is 131 Å². The summed E-state index contributed by atoms with van der Waals surface area (Å²) < 4.78 is 5.21. The molecule has 0 aliphatic carbocycles. The molecule has 2 aromatic rings. The van der Waals surface area contributed by atoms with Gasteiger partial charge < -0.3 is 21.1 Å². The van der Waals surface area contributed by atoms with Crippen molar-refractivity contribution < 1.29 is 23.9 Å². The molecule has 0 radical (unpaired) electrons. The Labute approximate surface area is 211 Å². The van der Waals surface area contributed by atoms with Crippen molar-refractivity contribution in [1.82, 2.24) is 15.5 Å². The Balaban J connectivity index is 2.39. The van der Waals surface area contributed by atoms with E-state index < -0.39 is 47.9 Å². The van der Waals surface area contributed by atoms with Crippen molar-refractivity contribution in [3.05, 3.63) is 71.3 Å². The van der Waals surface area contributed by atoms with E-state index in [1.807, 2.05) is 43.3 Å². The fourth-order valence-electron chi connectivity index (χ4n) is 3.42. The summed E-state index contributed by atoms with van der Waals surface area (Å²) in [6.45, 7) is 6.99. The molecule has 9 nitrogen and oxygen atoms in total. The molecule has 0 fully saturated rings. The van der Waals surface area contributed by atoms with Gasteiger partial charge in [0.15, 0.2) is 0 Å². The van der Waals surface area contributed by atoms with Gasteiger partial charge in [-0.1, -0.05) is 66.6 Å². The summed E-state index contributed by atoms with van der Waals surface area (Å²) in [7, 11) is 0. The number of hydrogen-bond donors (Lipinski definition) is 3. The lowest BCUT2D eigenvalue weighted by atomic mass is 10.0. The van der Waals surface area contributed by atoms with E-state index >= 15 is 0 Å². The van der Waals surface area contributed by atoms with E-state index in [0.717, 1.165) is 16.0 Å². The molecule has 9 heteroatoms. The zero-order chi connectivity index (χ0) is 26.9. The summed E-state index contributed by atoms with van der Waals surface area (Å²) in [6, 6.07) is 15.8. The Morgan fingerprint density at radius 3 is 2.31 bits per heavy atom. The number of primary amides is 1. The Bertz CT molecular complexity index is 1130. The van der Waals surface area contributed by atoms with E-state index in [4.69, 9.17) is 16.9 Å². The molecule has 0 saturated carbocycles. The number of nitrogens with zero attached hydrogens (tertiary/aromatic N) is 1. The van der Waals surface area contributed by atoms with Crippen molar-refractivity contribution in [2.75, 3.05) is 0 Å². The summed E-state index contributed by atoms with van der Waals surface area (Å²) in [5, 5.41) is 5.16. The van der Waals surface area contributed by atoms with Crippen LogP contribution in [0.4, 0.5) is 4.79 Å². The quantitative estimate of drug-likeness (QED) is 0.366. The van der Waals surface area contributed by atoms with Crippen LogP contribution >= 0.6 is 0 Å². The average Bonchev–Trinajstić information content (AvgIpc) is 2.79. The molecule has 0 bridgehead atoms. The fourth-order valence-corrected chi connectivity index (χ4v) is 3.42. The normalized spacial score (nSPS) is 12.4. The van der Waals surface area contributed by atoms with Gasteiger partial charge in [-0.3, -0.25) is 19.3 Å². The Morgan fingerprint density at radius 1 is 1.08 bits per heavy atom. The maximum atomic E-state index is 13.5. The molecule has 0 aliphatic rings. The van der Waals surface area contributed by atoms with Crippen molar-refractivity contribution in [1.29, 1.82) is 0 Å². The number of amides is 4. The molecule has 0 saturated heterocycles. The zero-order valence-electron chi connectivity index (χ0n) is 20.9. The SMILES string of the molecule is C#CN(C(=O)C(CC(N)=O)NC(=O)OC(C)(C)C)C(C(=O)NCc1ccccc1)c1cccc(C)c1. The van der Waals surface area contributed by atoms with Crippen LogP contribution in [0.25, 0.3) is 0 Å². The van der Waals surface area contributed by atoms with Crippen LogP contribution in [0, 0.1) is 19.4 Å².